The minimum Gasteiger partial charge on any atom is -0.484 e. The zero-order chi connectivity index (χ0) is 19.9. The molecule has 0 aliphatic carbocycles. The quantitative estimate of drug-likeness (QED) is 0.670. The van der Waals surface area contributed by atoms with Crippen LogP contribution in [0.1, 0.15) is 10.4 Å². The summed E-state index contributed by atoms with van der Waals surface area (Å²) in [5, 5.41) is 5.05. The van der Waals surface area contributed by atoms with Crippen LogP contribution in [-0.4, -0.2) is 18.4 Å². The van der Waals surface area contributed by atoms with Crippen LogP contribution in [0.2, 0.25) is 0 Å². The van der Waals surface area contributed by atoms with Gasteiger partial charge in [0.2, 0.25) is 0 Å². The number of carbonyl (C=O) groups is 2. The Morgan fingerprint density at radius 2 is 1.50 bits per heavy atom. The van der Waals surface area contributed by atoms with Crippen LogP contribution in [-0.2, 0) is 4.79 Å². The van der Waals surface area contributed by atoms with Crippen LogP contribution in [0.4, 0.5) is 20.2 Å². The Kier molecular flexibility index (Phi) is 5.96. The van der Waals surface area contributed by atoms with E-state index in [-0.39, 0.29) is 18.2 Å². The highest BCUT2D eigenvalue weighted by molar-refractivity contribution is 6.04. The van der Waals surface area contributed by atoms with E-state index in [4.69, 9.17) is 4.74 Å². The molecule has 0 bridgehead atoms. The minimum atomic E-state index is -0.535. The second kappa shape index (κ2) is 8.77. The van der Waals surface area contributed by atoms with Crippen LogP contribution in [0.25, 0.3) is 0 Å². The van der Waals surface area contributed by atoms with Crippen LogP contribution in [0.5, 0.6) is 5.75 Å². The Bertz CT molecular complexity index is 974. The molecule has 28 heavy (non-hydrogen) atoms. The largest absolute Gasteiger partial charge is 0.484 e. The average molecular weight is 382 g/mol. The van der Waals surface area contributed by atoms with Crippen molar-refractivity contribution < 1.29 is 23.1 Å². The predicted molar refractivity (Wildman–Crippen MR) is 101 cm³/mol. The third kappa shape index (κ3) is 5.14. The van der Waals surface area contributed by atoms with Gasteiger partial charge in [-0.1, -0.05) is 12.1 Å². The number of hydrogen-bond donors (Lipinski definition) is 2. The summed E-state index contributed by atoms with van der Waals surface area (Å²) in [5.41, 5.74) is 0.910. The number of rotatable bonds is 6. The van der Waals surface area contributed by atoms with E-state index in [1.807, 2.05) is 0 Å². The van der Waals surface area contributed by atoms with Crippen molar-refractivity contribution in [1.29, 1.82) is 0 Å². The Morgan fingerprint density at radius 3 is 2.18 bits per heavy atom. The molecule has 0 fully saturated rings. The number of ether oxygens (including phenoxy) is 1. The van der Waals surface area contributed by atoms with Crippen molar-refractivity contribution in [3.05, 3.63) is 90.0 Å². The number of benzene rings is 3. The monoisotopic (exact) mass is 382 g/mol. The SMILES string of the molecule is O=C(COc1ccc(C(=O)Nc2ccc(F)cc2)cc1)Nc1ccccc1F. The van der Waals surface area contributed by atoms with Crippen molar-refractivity contribution in [3.63, 3.8) is 0 Å². The minimum absolute atomic E-state index is 0.0731. The highest BCUT2D eigenvalue weighted by Gasteiger charge is 2.09. The van der Waals surface area contributed by atoms with Crippen molar-refractivity contribution in [3.8, 4) is 5.75 Å². The highest BCUT2D eigenvalue weighted by atomic mass is 19.1. The van der Waals surface area contributed by atoms with Gasteiger partial charge in [0.1, 0.15) is 17.4 Å². The first-order chi connectivity index (χ1) is 13.5. The first kappa shape index (κ1) is 19.0. The lowest BCUT2D eigenvalue weighted by Crippen LogP contribution is -2.20. The van der Waals surface area contributed by atoms with Crippen LogP contribution < -0.4 is 15.4 Å². The maximum atomic E-state index is 13.5. The lowest BCUT2D eigenvalue weighted by Gasteiger charge is -2.09. The average Bonchev–Trinajstić information content (AvgIpc) is 2.70. The van der Waals surface area contributed by atoms with Gasteiger partial charge in [0.25, 0.3) is 11.8 Å². The molecule has 0 atom stereocenters. The van der Waals surface area contributed by atoms with E-state index in [2.05, 4.69) is 10.6 Å². The van der Waals surface area contributed by atoms with Crippen LogP contribution in [0.15, 0.2) is 72.8 Å². The summed E-state index contributed by atoms with van der Waals surface area (Å²) in [7, 11) is 0. The molecule has 2 amide bonds. The Labute approximate surface area is 160 Å². The van der Waals surface area contributed by atoms with Crippen LogP contribution in [0, 0.1) is 11.6 Å². The number of halogens is 2. The zero-order valence-corrected chi connectivity index (χ0v) is 14.6. The summed E-state index contributed by atoms with van der Waals surface area (Å²) in [4.78, 5) is 24.0. The van der Waals surface area contributed by atoms with E-state index >= 15 is 0 Å². The Morgan fingerprint density at radius 1 is 0.821 bits per heavy atom. The lowest BCUT2D eigenvalue weighted by molar-refractivity contribution is -0.118. The molecule has 142 valence electrons. The first-order valence-corrected chi connectivity index (χ1v) is 8.35. The van der Waals surface area contributed by atoms with Crippen molar-refractivity contribution in [2.75, 3.05) is 17.2 Å². The fourth-order valence-corrected chi connectivity index (χ4v) is 2.34. The Hall–Kier alpha value is -3.74. The Balaban J connectivity index is 1.52. The molecule has 0 aromatic heterocycles. The van der Waals surface area contributed by atoms with E-state index in [0.717, 1.165) is 0 Å². The van der Waals surface area contributed by atoms with Gasteiger partial charge in [-0.3, -0.25) is 9.59 Å². The van der Waals surface area contributed by atoms with E-state index < -0.39 is 17.5 Å². The molecule has 2 N–H and O–H groups in total. The fourth-order valence-electron chi connectivity index (χ4n) is 2.34. The molecule has 0 aliphatic rings. The summed E-state index contributed by atoms with van der Waals surface area (Å²) >= 11 is 0. The summed E-state index contributed by atoms with van der Waals surface area (Å²) in [5.74, 6) is -1.42. The summed E-state index contributed by atoms with van der Waals surface area (Å²) in [6, 6.07) is 17.4. The molecule has 0 saturated carbocycles. The van der Waals surface area contributed by atoms with Crippen molar-refractivity contribution >= 4 is 23.2 Å². The molecule has 0 unspecified atom stereocenters. The number of para-hydroxylation sites is 1. The topological polar surface area (TPSA) is 67.4 Å². The molecule has 5 nitrogen and oxygen atoms in total. The number of anilines is 2. The smallest absolute Gasteiger partial charge is 0.262 e. The standard InChI is InChI=1S/C21H16F2N2O3/c22-15-7-9-16(10-8-15)24-21(27)14-5-11-17(12-6-14)28-13-20(26)25-19-4-2-1-3-18(19)23/h1-12H,13H2,(H,24,27)(H,25,26). The number of hydrogen-bond acceptors (Lipinski definition) is 3. The van der Waals surface area contributed by atoms with E-state index in [0.29, 0.717) is 17.0 Å². The summed E-state index contributed by atoms with van der Waals surface area (Å²) < 4.78 is 31.7. The molecular formula is C21H16F2N2O3. The van der Waals surface area contributed by atoms with Crippen molar-refractivity contribution in [2.24, 2.45) is 0 Å². The highest BCUT2D eigenvalue weighted by Crippen LogP contribution is 2.16. The van der Waals surface area contributed by atoms with Crippen molar-refractivity contribution in [2.45, 2.75) is 0 Å². The first-order valence-electron chi connectivity index (χ1n) is 8.35. The van der Waals surface area contributed by atoms with E-state index in [1.165, 1.54) is 66.7 Å². The second-order valence-corrected chi connectivity index (χ2v) is 5.80. The molecule has 7 heteroatoms. The van der Waals surface area contributed by atoms with E-state index in [1.54, 1.807) is 6.07 Å². The molecule has 0 saturated heterocycles. The molecule has 0 heterocycles. The molecule has 3 rings (SSSR count). The third-order valence-electron chi connectivity index (χ3n) is 3.74. The molecule has 3 aromatic carbocycles. The second-order valence-electron chi connectivity index (χ2n) is 5.80. The number of amides is 2. The van der Waals surface area contributed by atoms with Gasteiger partial charge < -0.3 is 15.4 Å². The van der Waals surface area contributed by atoms with Gasteiger partial charge in [0.15, 0.2) is 6.61 Å². The van der Waals surface area contributed by atoms with Gasteiger partial charge in [-0.05, 0) is 60.7 Å². The number of carbonyl (C=O) groups excluding carboxylic acids is 2. The molecule has 0 radical (unpaired) electrons. The van der Waals surface area contributed by atoms with Gasteiger partial charge in [-0.25, -0.2) is 8.78 Å². The summed E-state index contributed by atoms with van der Waals surface area (Å²) in [6.07, 6.45) is 0. The maximum absolute atomic E-state index is 13.5. The lowest BCUT2D eigenvalue weighted by atomic mass is 10.2. The molecular weight excluding hydrogens is 366 g/mol. The van der Waals surface area contributed by atoms with E-state index in [9.17, 15) is 18.4 Å². The van der Waals surface area contributed by atoms with Gasteiger partial charge in [-0.2, -0.15) is 0 Å². The third-order valence-corrected chi connectivity index (χ3v) is 3.74. The van der Waals surface area contributed by atoms with Crippen LogP contribution in [0.3, 0.4) is 0 Å². The maximum Gasteiger partial charge on any atom is 0.262 e. The van der Waals surface area contributed by atoms with Gasteiger partial charge in [-0.15, -0.1) is 0 Å². The molecule has 0 aliphatic heterocycles. The normalized spacial score (nSPS) is 10.2. The predicted octanol–water partition coefficient (Wildman–Crippen LogP) is 4.23. The zero-order valence-electron chi connectivity index (χ0n) is 14.6. The van der Waals surface area contributed by atoms with Gasteiger partial charge in [0, 0.05) is 11.3 Å². The van der Waals surface area contributed by atoms with Gasteiger partial charge in [0.05, 0.1) is 5.69 Å². The van der Waals surface area contributed by atoms with Gasteiger partial charge >= 0.3 is 0 Å². The fraction of sp³-hybridized carbons (Fsp3) is 0.0476. The van der Waals surface area contributed by atoms with Crippen LogP contribution >= 0.6 is 0 Å². The number of nitrogens with one attached hydrogen (secondary N) is 2. The molecule has 3 aromatic rings. The molecule has 0 spiro atoms. The summed E-state index contributed by atoms with van der Waals surface area (Å²) in [6.45, 7) is -0.310. The van der Waals surface area contributed by atoms with Crippen molar-refractivity contribution in [1.82, 2.24) is 0 Å².